The van der Waals surface area contributed by atoms with Gasteiger partial charge in [0, 0.05) is 19.4 Å². The van der Waals surface area contributed by atoms with Crippen LogP contribution in [0.5, 0.6) is 0 Å². The topological polar surface area (TPSA) is 92.5 Å². The highest BCUT2D eigenvalue weighted by Crippen LogP contribution is 2.15. The molecule has 0 aromatic carbocycles. The molecule has 0 atom stereocenters. The normalized spacial score (nSPS) is 12.0. The summed E-state index contributed by atoms with van der Waals surface area (Å²) in [6.45, 7) is -2.39. The molecule has 0 unspecified atom stereocenters. The van der Waals surface area contributed by atoms with Crippen LogP contribution in [-0.2, 0) is 0 Å². The van der Waals surface area contributed by atoms with Crippen molar-refractivity contribution in [3.8, 4) is 0 Å². The lowest BCUT2D eigenvalue weighted by molar-refractivity contribution is -0.0653. The van der Waals surface area contributed by atoms with E-state index in [1.54, 1.807) is 0 Å². The summed E-state index contributed by atoms with van der Waals surface area (Å²) in [6, 6.07) is 0. The number of aliphatic hydroxyl groups is 2. The molecular formula is C8H18F4N2O2. The van der Waals surface area contributed by atoms with Gasteiger partial charge in [0.05, 0.1) is 6.54 Å². The molecule has 0 aromatic rings. The molecule has 4 nitrogen and oxygen atoms in total. The van der Waals surface area contributed by atoms with Gasteiger partial charge in [0.1, 0.15) is 6.61 Å². The van der Waals surface area contributed by atoms with Crippen LogP contribution in [0.4, 0.5) is 17.6 Å². The van der Waals surface area contributed by atoms with E-state index in [9.17, 15) is 17.6 Å². The van der Waals surface area contributed by atoms with Crippen LogP contribution in [0.15, 0.2) is 0 Å². The number of hydrogen-bond donors (Lipinski definition) is 4. The monoisotopic (exact) mass is 250 g/mol. The van der Waals surface area contributed by atoms with Gasteiger partial charge in [0.2, 0.25) is 0 Å². The molecule has 0 saturated heterocycles. The standard InChI is InChI=1S/C4H10F2N2.C4H8F2O2/c2*5-4(6,3-8)1-2-7/h1-3,7-8H2;7-8H,1-3H2. The maximum Gasteiger partial charge on any atom is 0.272 e. The summed E-state index contributed by atoms with van der Waals surface area (Å²) in [5.41, 5.74) is 9.54. The molecule has 0 rings (SSSR count). The highest BCUT2D eigenvalue weighted by molar-refractivity contribution is 4.65. The molecule has 0 aliphatic heterocycles. The van der Waals surface area contributed by atoms with E-state index in [0.29, 0.717) is 0 Å². The molecule has 0 saturated carbocycles. The highest BCUT2D eigenvalue weighted by Gasteiger charge is 2.26. The van der Waals surface area contributed by atoms with Crippen molar-refractivity contribution in [1.29, 1.82) is 0 Å². The molecular weight excluding hydrogens is 232 g/mol. The minimum Gasteiger partial charge on any atom is -0.396 e. The number of rotatable bonds is 6. The molecule has 6 N–H and O–H groups in total. The van der Waals surface area contributed by atoms with E-state index in [2.05, 4.69) is 5.73 Å². The first-order valence-electron chi connectivity index (χ1n) is 4.62. The van der Waals surface area contributed by atoms with Gasteiger partial charge in [-0.15, -0.1) is 0 Å². The van der Waals surface area contributed by atoms with Gasteiger partial charge in [-0.3, -0.25) is 0 Å². The van der Waals surface area contributed by atoms with Crippen LogP contribution in [0.1, 0.15) is 12.8 Å². The summed E-state index contributed by atoms with van der Waals surface area (Å²) < 4.78 is 47.4. The Bertz CT molecular complexity index is 152. The second-order valence-corrected chi connectivity index (χ2v) is 3.09. The van der Waals surface area contributed by atoms with Gasteiger partial charge < -0.3 is 21.7 Å². The van der Waals surface area contributed by atoms with E-state index in [0.717, 1.165) is 0 Å². The van der Waals surface area contributed by atoms with Crippen molar-refractivity contribution in [3.05, 3.63) is 0 Å². The van der Waals surface area contributed by atoms with E-state index in [1.807, 2.05) is 0 Å². The van der Waals surface area contributed by atoms with Crippen LogP contribution in [0.3, 0.4) is 0 Å². The zero-order valence-electron chi connectivity index (χ0n) is 8.80. The number of alkyl halides is 4. The van der Waals surface area contributed by atoms with Crippen LogP contribution in [0, 0.1) is 0 Å². The highest BCUT2D eigenvalue weighted by atomic mass is 19.3. The molecule has 0 radical (unpaired) electrons. The average Bonchev–Trinajstić information content (AvgIpc) is 2.19. The second kappa shape index (κ2) is 8.68. The van der Waals surface area contributed by atoms with Gasteiger partial charge in [0.15, 0.2) is 0 Å². The third-order valence-electron chi connectivity index (χ3n) is 1.52. The first kappa shape index (κ1) is 17.9. The maximum absolute atomic E-state index is 11.9. The Balaban J connectivity index is 0. The third kappa shape index (κ3) is 11.6. The van der Waals surface area contributed by atoms with Crippen LogP contribution in [0.2, 0.25) is 0 Å². The molecule has 8 heteroatoms. The van der Waals surface area contributed by atoms with E-state index < -0.39 is 38.0 Å². The first-order valence-corrected chi connectivity index (χ1v) is 4.62. The van der Waals surface area contributed by atoms with E-state index in [4.69, 9.17) is 15.9 Å². The van der Waals surface area contributed by atoms with E-state index >= 15 is 0 Å². The molecule has 0 fully saturated rings. The van der Waals surface area contributed by atoms with Gasteiger partial charge in [0.25, 0.3) is 11.8 Å². The van der Waals surface area contributed by atoms with Crippen molar-refractivity contribution in [2.24, 2.45) is 11.5 Å². The van der Waals surface area contributed by atoms with Crippen LogP contribution < -0.4 is 11.5 Å². The predicted octanol–water partition coefficient (Wildman–Crippen LogP) is -0.0744. The lowest BCUT2D eigenvalue weighted by Crippen LogP contribution is -2.30. The number of aliphatic hydroxyl groups excluding tert-OH is 2. The summed E-state index contributed by atoms with van der Waals surface area (Å²) in [5, 5.41) is 15.8. The van der Waals surface area contributed by atoms with Crippen LogP contribution in [-0.4, -0.2) is 48.4 Å². The van der Waals surface area contributed by atoms with Crippen LogP contribution in [0.25, 0.3) is 0 Å². The molecule has 0 amide bonds. The lowest BCUT2D eigenvalue weighted by Gasteiger charge is -2.10. The summed E-state index contributed by atoms with van der Waals surface area (Å²) in [5.74, 6) is -5.86. The Hall–Kier alpha value is -0.440. The molecule has 0 aliphatic rings. The molecule has 0 aliphatic carbocycles. The lowest BCUT2D eigenvalue weighted by atomic mass is 10.2. The van der Waals surface area contributed by atoms with Crippen molar-refractivity contribution in [2.45, 2.75) is 24.7 Å². The van der Waals surface area contributed by atoms with Gasteiger partial charge >= 0.3 is 0 Å². The smallest absolute Gasteiger partial charge is 0.272 e. The number of hydrogen-bond acceptors (Lipinski definition) is 4. The first-order chi connectivity index (χ1) is 7.24. The van der Waals surface area contributed by atoms with Gasteiger partial charge in [-0.25, -0.2) is 17.6 Å². The average molecular weight is 250 g/mol. The Morgan fingerprint density at radius 1 is 0.875 bits per heavy atom. The van der Waals surface area contributed by atoms with Crippen molar-refractivity contribution in [2.75, 3.05) is 26.3 Å². The van der Waals surface area contributed by atoms with E-state index in [1.165, 1.54) is 0 Å². The maximum atomic E-state index is 11.9. The van der Waals surface area contributed by atoms with Crippen molar-refractivity contribution in [3.63, 3.8) is 0 Å². The summed E-state index contributed by atoms with van der Waals surface area (Å²) >= 11 is 0. The summed E-state index contributed by atoms with van der Waals surface area (Å²) in [6.07, 6.45) is -0.979. The SMILES string of the molecule is NCCC(F)(F)CN.OCCC(F)(F)CO. The Morgan fingerprint density at radius 3 is 1.50 bits per heavy atom. The summed E-state index contributed by atoms with van der Waals surface area (Å²) in [4.78, 5) is 0. The molecule has 0 aromatic heterocycles. The molecule has 0 bridgehead atoms. The number of nitrogens with two attached hydrogens (primary N) is 2. The van der Waals surface area contributed by atoms with Gasteiger partial charge in [-0.2, -0.15) is 0 Å². The van der Waals surface area contributed by atoms with Crippen LogP contribution >= 0.6 is 0 Å². The Labute approximate surface area is 91.2 Å². The minimum atomic E-state index is -3.10. The summed E-state index contributed by atoms with van der Waals surface area (Å²) in [7, 11) is 0. The largest absolute Gasteiger partial charge is 0.396 e. The number of halogens is 4. The van der Waals surface area contributed by atoms with Gasteiger partial charge in [-0.05, 0) is 6.54 Å². The third-order valence-corrected chi connectivity index (χ3v) is 1.52. The molecule has 16 heavy (non-hydrogen) atoms. The molecule has 0 heterocycles. The fraction of sp³-hybridized carbons (Fsp3) is 1.00. The minimum absolute atomic E-state index is 0.00972. The zero-order valence-corrected chi connectivity index (χ0v) is 8.80. The van der Waals surface area contributed by atoms with Crippen molar-refractivity contribution < 1.29 is 27.8 Å². The Morgan fingerprint density at radius 2 is 1.38 bits per heavy atom. The molecule has 0 spiro atoms. The second-order valence-electron chi connectivity index (χ2n) is 3.09. The Kier molecular flexibility index (Phi) is 9.73. The van der Waals surface area contributed by atoms with Gasteiger partial charge in [-0.1, -0.05) is 0 Å². The zero-order chi connectivity index (χ0) is 13.2. The van der Waals surface area contributed by atoms with Crippen molar-refractivity contribution >= 4 is 0 Å². The molecule has 100 valence electrons. The quantitative estimate of drug-likeness (QED) is 0.496. The predicted molar refractivity (Wildman–Crippen MR) is 51.4 cm³/mol. The van der Waals surface area contributed by atoms with E-state index in [-0.39, 0.29) is 13.0 Å². The van der Waals surface area contributed by atoms with Crippen molar-refractivity contribution in [1.82, 2.24) is 0 Å². The fourth-order valence-electron chi connectivity index (χ4n) is 0.556. The fourth-order valence-corrected chi connectivity index (χ4v) is 0.556.